The molecule has 0 aliphatic carbocycles. The highest BCUT2D eigenvalue weighted by molar-refractivity contribution is 5.94. The Morgan fingerprint density at radius 3 is 2.48 bits per heavy atom. The molecule has 0 aliphatic rings. The monoisotopic (exact) mass is 287 g/mol. The molecule has 1 heterocycles. The number of carboxylic acid groups (broad SMARTS) is 1. The van der Waals surface area contributed by atoms with Crippen molar-refractivity contribution in [2.45, 2.75) is 20.4 Å². The van der Waals surface area contributed by atoms with Crippen LogP contribution in [0.4, 0.5) is 0 Å². The topological polar surface area (TPSA) is 84.2 Å². The Hall–Kier alpha value is -2.63. The van der Waals surface area contributed by atoms with Crippen molar-refractivity contribution in [3.05, 3.63) is 53.1 Å². The molecule has 1 aromatic carbocycles. The van der Waals surface area contributed by atoms with Crippen LogP contribution in [0.5, 0.6) is 0 Å². The van der Waals surface area contributed by atoms with Crippen molar-refractivity contribution in [2.75, 3.05) is 6.54 Å². The molecule has 2 rings (SSSR count). The van der Waals surface area contributed by atoms with E-state index in [1.54, 1.807) is 4.57 Å². The highest BCUT2D eigenvalue weighted by Crippen LogP contribution is 2.08. The minimum Gasteiger partial charge on any atom is -0.476 e. The Bertz CT molecular complexity index is 656. The van der Waals surface area contributed by atoms with E-state index in [0.717, 1.165) is 11.1 Å². The third-order valence-electron chi connectivity index (χ3n) is 2.99. The Morgan fingerprint density at radius 2 is 1.90 bits per heavy atom. The standard InChI is InChI=1S/C15H17N3O3/c1-10-5-11(2)7-12(6-10)14(19)16-3-4-18-8-13(15(20)21)17-9-18/h5-9H,3-4H2,1-2H3,(H,16,19)(H,20,21). The molecular weight excluding hydrogens is 270 g/mol. The van der Waals surface area contributed by atoms with Crippen LogP contribution in [0.1, 0.15) is 32.0 Å². The molecule has 6 nitrogen and oxygen atoms in total. The van der Waals surface area contributed by atoms with Crippen LogP contribution in [-0.4, -0.2) is 33.1 Å². The molecule has 6 heteroatoms. The van der Waals surface area contributed by atoms with Gasteiger partial charge < -0.3 is 15.0 Å². The van der Waals surface area contributed by atoms with Gasteiger partial charge in [0.25, 0.3) is 5.91 Å². The number of hydrogen-bond acceptors (Lipinski definition) is 3. The van der Waals surface area contributed by atoms with Gasteiger partial charge in [-0.3, -0.25) is 4.79 Å². The summed E-state index contributed by atoms with van der Waals surface area (Å²) in [5, 5.41) is 11.6. The summed E-state index contributed by atoms with van der Waals surface area (Å²) < 4.78 is 1.63. The fourth-order valence-corrected chi connectivity index (χ4v) is 2.10. The van der Waals surface area contributed by atoms with E-state index in [1.165, 1.54) is 12.5 Å². The predicted molar refractivity (Wildman–Crippen MR) is 77.4 cm³/mol. The number of aryl methyl sites for hydroxylation is 2. The number of carboxylic acids is 1. The maximum atomic E-state index is 12.0. The molecule has 0 spiro atoms. The summed E-state index contributed by atoms with van der Waals surface area (Å²) in [6, 6.07) is 5.68. The van der Waals surface area contributed by atoms with Gasteiger partial charge in [0, 0.05) is 24.8 Å². The minimum absolute atomic E-state index is 0.00404. The molecular formula is C15H17N3O3. The fraction of sp³-hybridized carbons (Fsp3) is 0.267. The molecule has 0 saturated heterocycles. The lowest BCUT2D eigenvalue weighted by molar-refractivity contribution is 0.0690. The zero-order chi connectivity index (χ0) is 15.4. The third-order valence-corrected chi connectivity index (χ3v) is 2.99. The molecule has 1 aromatic heterocycles. The fourth-order valence-electron chi connectivity index (χ4n) is 2.10. The molecule has 1 amide bonds. The van der Waals surface area contributed by atoms with E-state index >= 15 is 0 Å². The van der Waals surface area contributed by atoms with Crippen molar-refractivity contribution < 1.29 is 14.7 Å². The van der Waals surface area contributed by atoms with Crippen molar-refractivity contribution in [1.82, 2.24) is 14.9 Å². The normalized spacial score (nSPS) is 10.4. The average molecular weight is 287 g/mol. The summed E-state index contributed by atoms with van der Waals surface area (Å²) in [5.41, 5.74) is 2.71. The van der Waals surface area contributed by atoms with E-state index in [-0.39, 0.29) is 11.6 Å². The molecule has 0 unspecified atom stereocenters. The first-order chi connectivity index (χ1) is 9.95. The van der Waals surface area contributed by atoms with Gasteiger partial charge in [-0.25, -0.2) is 9.78 Å². The first-order valence-electron chi connectivity index (χ1n) is 6.57. The molecule has 110 valence electrons. The molecule has 21 heavy (non-hydrogen) atoms. The number of amides is 1. The lowest BCUT2D eigenvalue weighted by atomic mass is 10.1. The highest BCUT2D eigenvalue weighted by Gasteiger charge is 2.08. The summed E-state index contributed by atoms with van der Waals surface area (Å²) in [7, 11) is 0. The number of benzene rings is 1. The molecule has 0 saturated carbocycles. The van der Waals surface area contributed by atoms with Crippen LogP contribution in [0.3, 0.4) is 0 Å². The van der Waals surface area contributed by atoms with Gasteiger partial charge in [-0.2, -0.15) is 0 Å². The van der Waals surface area contributed by atoms with E-state index < -0.39 is 5.97 Å². The first-order valence-corrected chi connectivity index (χ1v) is 6.57. The maximum Gasteiger partial charge on any atom is 0.356 e. The van der Waals surface area contributed by atoms with Gasteiger partial charge in [-0.05, 0) is 26.0 Å². The van der Waals surface area contributed by atoms with Gasteiger partial charge in [0.15, 0.2) is 5.69 Å². The number of imidazole rings is 1. The molecule has 0 atom stereocenters. The second-order valence-corrected chi connectivity index (χ2v) is 4.93. The van der Waals surface area contributed by atoms with Crippen LogP contribution in [0.25, 0.3) is 0 Å². The van der Waals surface area contributed by atoms with Gasteiger partial charge in [0.1, 0.15) is 0 Å². The van der Waals surface area contributed by atoms with E-state index in [2.05, 4.69) is 10.3 Å². The number of nitrogens with zero attached hydrogens (tertiary/aromatic N) is 2. The Labute approximate surface area is 122 Å². The van der Waals surface area contributed by atoms with Gasteiger partial charge >= 0.3 is 5.97 Å². The van der Waals surface area contributed by atoms with Crippen molar-refractivity contribution >= 4 is 11.9 Å². The van der Waals surface area contributed by atoms with Gasteiger partial charge in [0.2, 0.25) is 0 Å². The number of aromatic carboxylic acids is 1. The zero-order valence-corrected chi connectivity index (χ0v) is 12.0. The summed E-state index contributed by atoms with van der Waals surface area (Å²) >= 11 is 0. The number of carbonyl (C=O) groups excluding carboxylic acids is 1. The van der Waals surface area contributed by atoms with Crippen LogP contribution >= 0.6 is 0 Å². The van der Waals surface area contributed by atoms with Crippen molar-refractivity contribution in [1.29, 1.82) is 0 Å². The van der Waals surface area contributed by atoms with Crippen LogP contribution in [-0.2, 0) is 6.54 Å². The smallest absolute Gasteiger partial charge is 0.356 e. The van der Waals surface area contributed by atoms with Crippen LogP contribution in [0.2, 0.25) is 0 Å². The van der Waals surface area contributed by atoms with Crippen molar-refractivity contribution in [2.24, 2.45) is 0 Å². The van der Waals surface area contributed by atoms with Crippen molar-refractivity contribution in [3.63, 3.8) is 0 Å². The number of aromatic nitrogens is 2. The Kier molecular flexibility index (Phi) is 4.37. The van der Waals surface area contributed by atoms with Gasteiger partial charge in [0.05, 0.1) is 6.33 Å². The molecule has 0 fully saturated rings. The van der Waals surface area contributed by atoms with Crippen LogP contribution < -0.4 is 5.32 Å². The zero-order valence-electron chi connectivity index (χ0n) is 12.0. The summed E-state index contributed by atoms with van der Waals surface area (Å²) in [4.78, 5) is 26.5. The Balaban J connectivity index is 1.90. The number of hydrogen-bond donors (Lipinski definition) is 2. The molecule has 2 aromatic rings. The molecule has 0 radical (unpaired) electrons. The lowest BCUT2D eigenvalue weighted by Gasteiger charge is -2.07. The Morgan fingerprint density at radius 1 is 1.24 bits per heavy atom. The van der Waals surface area contributed by atoms with E-state index in [0.29, 0.717) is 18.7 Å². The van der Waals surface area contributed by atoms with Gasteiger partial charge in [-0.15, -0.1) is 0 Å². The summed E-state index contributed by atoms with van der Waals surface area (Å²) in [5.74, 6) is -1.20. The van der Waals surface area contributed by atoms with Crippen LogP contribution in [0, 0.1) is 13.8 Å². The minimum atomic E-state index is -1.06. The first kappa shape index (κ1) is 14.8. The SMILES string of the molecule is Cc1cc(C)cc(C(=O)NCCn2cnc(C(=O)O)c2)c1. The van der Waals surface area contributed by atoms with Gasteiger partial charge in [-0.1, -0.05) is 17.2 Å². The van der Waals surface area contributed by atoms with E-state index in [4.69, 9.17) is 5.11 Å². The molecule has 0 aliphatic heterocycles. The van der Waals surface area contributed by atoms with Crippen molar-refractivity contribution in [3.8, 4) is 0 Å². The average Bonchev–Trinajstić information content (AvgIpc) is 2.86. The quantitative estimate of drug-likeness (QED) is 0.875. The third kappa shape index (κ3) is 3.92. The second kappa shape index (κ2) is 6.21. The molecule has 0 bridgehead atoms. The largest absolute Gasteiger partial charge is 0.476 e. The molecule has 2 N–H and O–H groups in total. The summed E-state index contributed by atoms with van der Waals surface area (Å²) in [6.07, 6.45) is 2.87. The summed E-state index contributed by atoms with van der Waals surface area (Å²) in [6.45, 7) is 4.77. The second-order valence-electron chi connectivity index (χ2n) is 4.93. The number of nitrogens with one attached hydrogen (secondary N) is 1. The number of carbonyl (C=O) groups is 2. The maximum absolute atomic E-state index is 12.0. The number of rotatable bonds is 5. The lowest BCUT2D eigenvalue weighted by Crippen LogP contribution is -2.27. The van der Waals surface area contributed by atoms with Crippen LogP contribution in [0.15, 0.2) is 30.7 Å². The highest BCUT2D eigenvalue weighted by atomic mass is 16.4. The predicted octanol–water partition coefficient (Wildman–Crippen LogP) is 1.63. The van der Waals surface area contributed by atoms with E-state index in [1.807, 2.05) is 32.0 Å². The van der Waals surface area contributed by atoms with E-state index in [9.17, 15) is 9.59 Å².